The average molecular weight is 455 g/mol. The molecule has 0 radical (unpaired) electrons. The lowest BCUT2D eigenvalue weighted by atomic mass is 9.72. The molecule has 1 aliphatic carbocycles. The Hall–Kier alpha value is -2.56. The van der Waals surface area contributed by atoms with Crippen LogP contribution >= 0.6 is 0 Å². The molecule has 3 aliphatic rings. The normalized spacial score (nSPS) is 27.3. The van der Waals surface area contributed by atoms with Crippen molar-refractivity contribution in [2.45, 2.75) is 50.7 Å². The van der Waals surface area contributed by atoms with Crippen molar-refractivity contribution in [3.63, 3.8) is 0 Å². The van der Waals surface area contributed by atoms with Gasteiger partial charge in [-0.25, -0.2) is 4.79 Å². The smallest absolute Gasteiger partial charge is 0.409 e. The summed E-state index contributed by atoms with van der Waals surface area (Å²) in [6.07, 6.45) is 3.16. The number of morpholine rings is 1. The highest BCUT2D eigenvalue weighted by molar-refractivity contribution is 5.71. The van der Waals surface area contributed by atoms with Gasteiger partial charge in [-0.15, -0.1) is 0 Å². The molecule has 2 saturated heterocycles. The van der Waals surface area contributed by atoms with Gasteiger partial charge < -0.3 is 19.1 Å². The van der Waals surface area contributed by atoms with Crippen LogP contribution in [0, 0.1) is 24.7 Å². The third kappa shape index (κ3) is 5.51. The Morgan fingerprint density at radius 3 is 2.79 bits per heavy atom. The lowest BCUT2D eigenvalue weighted by molar-refractivity contribution is -0.163. The number of aryl methyl sites for hydroxylation is 1. The quantitative estimate of drug-likeness (QED) is 0.515. The summed E-state index contributed by atoms with van der Waals surface area (Å²) in [6, 6.07) is 8.01. The first-order chi connectivity index (χ1) is 16.0. The summed E-state index contributed by atoms with van der Waals surface area (Å²) >= 11 is 0. The molecule has 4 rings (SSSR count). The van der Waals surface area contributed by atoms with Crippen LogP contribution in [0.2, 0.25) is 0 Å². The van der Waals surface area contributed by atoms with Crippen molar-refractivity contribution in [2.75, 3.05) is 46.5 Å². The second kappa shape index (κ2) is 10.6. The minimum absolute atomic E-state index is 0.0185. The van der Waals surface area contributed by atoms with E-state index in [4.69, 9.17) is 14.2 Å². The van der Waals surface area contributed by atoms with E-state index in [1.54, 1.807) is 4.90 Å². The minimum atomic E-state index is -0.891. The van der Waals surface area contributed by atoms with Gasteiger partial charge >= 0.3 is 12.1 Å². The zero-order valence-electron chi connectivity index (χ0n) is 19.7. The van der Waals surface area contributed by atoms with E-state index in [1.165, 1.54) is 7.11 Å². The molecule has 7 heteroatoms. The van der Waals surface area contributed by atoms with E-state index >= 15 is 0 Å². The van der Waals surface area contributed by atoms with Gasteiger partial charge in [0.05, 0.1) is 26.7 Å². The topological polar surface area (TPSA) is 68.3 Å². The Labute approximate surface area is 196 Å². The Morgan fingerprint density at radius 1 is 1.21 bits per heavy atom. The SMILES string of the molecule is COC(=O)N1CC[C@@H]2[C@H]1CCC[C@]2(C#Cc1cccc(C)c1)OC(=O)CCN1CCOCC1. The summed E-state index contributed by atoms with van der Waals surface area (Å²) in [5, 5.41) is 0. The standard InChI is InChI=1S/C26H34N2O5/c1-20-5-3-6-21(19-20)8-12-26(33-24(29)10-13-27-15-17-32-18-16-27)11-4-7-23-22(26)9-14-28(23)25(30)31-2/h3,5-6,19,22-23H,4,7,9-11,13-18H2,1-2H3/t22-,23-,26-/m1/s1. The van der Waals surface area contributed by atoms with Crippen LogP contribution in [0.15, 0.2) is 24.3 Å². The van der Waals surface area contributed by atoms with Crippen molar-refractivity contribution in [2.24, 2.45) is 5.92 Å². The van der Waals surface area contributed by atoms with Gasteiger partial charge in [0.2, 0.25) is 0 Å². The van der Waals surface area contributed by atoms with Crippen LogP contribution in [0.25, 0.3) is 0 Å². The highest BCUT2D eigenvalue weighted by Gasteiger charge is 2.53. The van der Waals surface area contributed by atoms with E-state index in [0.29, 0.717) is 39.1 Å². The van der Waals surface area contributed by atoms with Crippen molar-refractivity contribution < 1.29 is 23.8 Å². The summed E-state index contributed by atoms with van der Waals surface area (Å²) in [7, 11) is 1.41. The number of hydrogen-bond donors (Lipinski definition) is 0. The molecule has 1 aromatic carbocycles. The summed E-state index contributed by atoms with van der Waals surface area (Å²) in [5.41, 5.74) is 1.15. The summed E-state index contributed by atoms with van der Waals surface area (Å²) < 4.78 is 16.7. The number of benzene rings is 1. The van der Waals surface area contributed by atoms with Gasteiger partial charge in [0, 0.05) is 43.7 Å². The molecule has 1 aromatic rings. The van der Waals surface area contributed by atoms with E-state index in [1.807, 2.05) is 31.2 Å². The number of carbonyl (C=O) groups excluding carboxylic acids is 2. The number of nitrogens with zero attached hydrogens (tertiary/aromatic N) is 2. The fourth-order valence-electron chi connectivity index (χ4n) is 5.39. The van der Waals surface area contributed by atoms with E-state index in [0.717, 1.165) is 43.5 Å². The Bertz CT molecular complexity index is 917. The number of amides is 1. The average Bonchev–Trinajstić information content (AvgIpc) is 3.27. The zero-order chi connectivity index (χ0) is 23.3. The number of carbonyl (C=O) groups is 2. The predicted molar refractivity (Wildman–Crippen MR) is 124 cm³/mol. The van der Waals surface area contributed by atoms with Gasteiger partial charge in [-0.3, -0.25) is 9.69 Å². The highest BCUT2D eigenvalue weighted by Crippen LogP contribution is 2.45. The van der Waals surface area contributed by atoms with Gasteiger partial charge in [0.15, 0.2) is 5.60 Å². The lowest BCUT2D eigenvalue weighted by Gasteiger charge is -2.42. The second-order valence-corrected chi connectivity index (χ2v) is 9.21. The molecule has 1 saturated carbocycles. The molecular formula is C26H34N2O5. The van der Waals surface area contributed by atoms with Crippen molar-refractivity contribution >= 4 is 12.1 Å². The molecule has 0 aromatic heterocycles. The number of methoxy groups -OCH3 is 1. The number of ether oxygens (including phenoxy) is 3. The summed E-state index contributed by atoms with van der Waals surface area (Å²) in [4.78, 5) is 29.4. The molecule has 0 spiro atoms. The first kappa shape index (κ1) is 23.6. The monoisotopic (exact) mass is 454 g/mol. The molecule has 0 bridgehead atoms. The van der Waals surface area contributed by atoms with Crippen molar-refractivity contribution in [1.82, 2.24) is 9.80 Å². The predicted octanol–water partition coefficient (Wildman–Crippen LogP) is 2.99. The van der Waals surface area contributed by atoms with Crippen LogP contribution in [0.3, 0.4) is 0 Å². The van der Waals surface area contributed by atoms with Crippen molar-refractivity contribution in [3.8, 4) is 11.8 Å². The molecular weight excluding hydrogens is 420 g/mol. The third-order valence-corrected chi connectivity index (χ3v) is 7.07. The summed E-state index contributed by atoms with van der Waals surface area (Å²) in [5.74, 6) is 6.44. The minimum Gasteiger partial charge on any atom is -0.453 e. The molecule has 3 atom stereocenters. The van der Waals surface area contributed by atoms with Crippen molar-refractivity contribution in [1.29, 1.82) is 0 Å². The maximum absolute atomic E-state index is 13.0. The van der Waals surface area contributed by atoms with Gasteiger partial charge in [0.25, 0.3) is 0 Å². The van der Waals surface area contributed by atoms with Crippen LogP contribution in [0.4, 0.5) is 4.79 Å². The Balaban J connectivity index is 1.56. The van der Waals surface area contributed by atoms with E-state index in [9.17, 15) is 9.59 Å². The van der Waals surface area contributed by atoms with Gasteiger partial charge in [-0.1, -0.05) is 18.1 Å². The molecule has 1 amide bonds. The number of rotatable bonds is 4. The molecule has 2 aliphatic heterocycles. The molecule has 33 heavy (non-hydrogen) atoms. The first-order valence-corrected chi connectivity index (χ1v) is 12.0. The van der Waals surface area contributed by atoms with Crippen LogP contribution in [-0.4, -0.2) is 80.0 Å². The van der Waals surface area contributed by atoms with Crippen LogP contribution in [0.1, 0.15) is 43.2 Å². The molecule has 3 fully saturated rings. The van der Waals surface area contributed by atoms with Gasteiger partial charge in [-0.2, -0.15) is 0 Å². The molecule has 2 heterocycles. The first-order valence-electron chi connectivity index (χ1n) is 12.0. The fraction of sp³-hybridized carbons (Fsp3) is 0.615. The Morgan fingerprint density at radius 2 is 2.03 bits per heavy atom. The maximum Gasteiger partial charge on any atom is 0.409 e. The van der Waals surface area contributed by atoms with Crippen LogP contribution < -0.4 is 0 Å². The molecule has 0 unspecified atom stereocenters. The molecule has 7 nitrogen and oxygen atoms in total. The van der Waals surface area contributed by atoms with Gasteiger partial charge in [0.1, 0.15) is 0 Å². The summed E-state index contributed by atoms with van der Waals surface area (Å²) in [6.45, 7) is 6.37. The number of esters is 1. The largest absolute Gasteiger partial charge is 0.453 e. The number of fused-ring (bicyclic) bond motifs is 1. The third-order valence-electron chi connectivity index (χ3n) is 7.07. The molecule has 178 valence electrons. The van der Waals surface area contributed by atoms with E-state index in [-0.39, 0.29) is 24.0 Å². The van der Waals surface area contributed by atoms with E-state index in [2.05, 4.69) is 16.7 Å². The maximum atomic E-state index is 13.0. The Kier molecular flexibility index (Phi) is 7.56. The van der Waals surface area contributed by atoms with Crippen LogP contribution in [-0.2, 0) is 19.0 Å². The van der Waals surface area contributed by atoms with Gasteiger partial charge in [-0.05, 0) is 56.2 Å². The second-order valence-electron chi connectivity index (χ2n) is 9.21. The molecule has 0 N–H and O–H groups in total. The fourth-order valence-corrected chi connectivity index (χ4v) is 5.39. The van der Waals surface area contributed by atoms with E-state index < -0.39 is 5.60 Å². The number of hydrogen-bond acceptors (Lipinski definition) is 6. The van der Waals surface area contributed by atoms with Crippen LogP contribution in [0.5, 0.6) is 0 Å². The zero-order valence-corrected chi connectivity index (χ0v) is 19.7. The number of likely N-dealkylation sites (tertiary alicyclic amines) is 1. The van der Waals surface area contributed by atoms with Crippen molar-refractivity contribution in [3.05, 3.63) is 35.4 Å². The highest BCUT2D eigenvalue weighted by atomic mass is 16.6. The lowest BCUT2D eigenvalue weighted by Crippen LogP contribution is -2.52.